The largest absolute Gasteiger partial charge is 0.508 e. The Morgan fingerprint density at radius 3 is 2.48 bits per heavy atom. The van der Waals surface area contributed by atoms with Gasteiger partial charge < -0.3 is 15.5 Å². The predicted octanol–water partition coefficient (Wildman–Crippen LogP) is 4.60. The van der Waals surface area contributed by atoms with Crippen molar-refractivity contribution in [1.29, 1.82) is 0 Å². The number of benzene rings is 2. The van der Waals surface area contributed by atoms with Gasteiger partial charge in [0.05, 0.1) is 17.5 Å². The van der Waals surface area contributed by atoms with Crippen molar-refractivity contribution >= 4 is 27.4 Å². The Kier molecular flexibility index (Phi) is 4.75. The third-order valence-corrected chi connectivity index (χ3v) is 5.41. The Bertz CT molecular complexity index is 1050. The molecule has 4 aromatic rings. The van der Waals surface area contributed by atoms with E-state index in [-0.39, 0.29) is 11.8 Å². The van der Waals surface area contributed by atoms with Crippen LogP contribution in [0.5, 0.6) is 5.75 Å². The van der Waals surface area contributed by atoms with Crippen LogP contribution >= 0.6 is 11.3 Å². The lowest BCUT2D eigenvalue weighted by atomic mass is 10.0. The molecule has 4 rings (SSSR count). The first-order chi connectivity index (χ1) is 13.1. The van der Waals surface area contributed by atoms with E-state index in [1.165, 1.54) is 6.33 Å². The average molecular weight is 377 g/mol. The summed E-state index contributed by atoms with van der Waals surface area (Å²) in [4.78, 5) is 9.71. The van der Waals surface area contributed by atoms with Gasteiger partial charge in [0.1, 0.15) is 22.7 Å². The van der Waals surface area contributed by atoms with Gasteiger partial charge in [0.2, 0.25) is 0 Å². The van der Waals surface area contributed by atoms with Crippen LogP contribution in [0.3, 0.4) is 0 Å². The molecule has 0 fully saturated rings. The van der Waals surface area contributed by atoms with Gasteiger partial charge in [0.15, 0.2) is 0 Å². The molecule has 2 aromatic carbocycles. The standard InChI is InChI=1S/C21H19N3O2S/c1-13(19(26)15-7-9-16(25)10-8-15)24-20-18-17(14-5-3-2-4-6-14)11-27-21(18)23-12-22-20/h2-13,19,25-26H,1H3,(H,22,23,24)/t13-,19-/m0/s1. The number of aromatic hydroxyl groups is 1. The zero-order chi connectivity index (χ0) is 18.8. The van der Waals surface area contributed by atoms with Gasteiger partial charge in [0.25, 0.3) is 0 Å². The Morgan fingerprint density at radius 2 is 1.74 bits per heavy atom. The Balaban J connectivity index is 1.67. The maximum atomic E-state index is 10.7. The van der Waals surface area contributed by atoms with Crippen molar-refractivity contribution in [3.05, 3.63) is 71.9 Å². The van der Waals surface area contributed by atoms with E-state index in [0.717, 1.165) is 26.9 Å². The highest BCUT2D eigenvalue weighted by atomic mass is 32.1. The monoisotopic (exact) mass is 377 g/mol. The molecule has 2 atom stereocenters. The average Bonchev–Trinajstić information content (AvgIpc) is 3.14. The number of hydrogen-bond acceptors (Lipinski definition) is 6. The van der Waals surface area contributed by atoms with Gasteiger partial charge >= 0.3 is 0 Å². The molecule has 0 aliphatic carbocycles. The van der Waals surface area contributed by atoms with Crippen molar-refractivity contribution in [2.75, 3.05) is 5.32 Å². The Labute approximate surface area is 161 Å². The van der Waals surface area contributed by atoms with Gasteiger partial charge in [0, 0.05) is 10.9 Å². The lowest BCUT2D eigenvalue weighted by Crippen LogP contribution is -2.24. The van der Waals surface area contributed by atoms with Crippen LogP contribution in [-0.4, -0.2) is 26.2 Å². The maximum Gasteiger partial charge on any atom is 0.139 e. The number of thiophene rings is 1. The molecule has 0 radical (unpaired) electrons. The van der Waals surface area contributed by atoms with Gasteiger partial charge in [-0.1, -0.05) is 42.5 Å². The van der Waals surface area contributed by atoms with Crippen molar-refractivity contribution < 1.29 is 10.2 Å². The minimum absolute atomic E-state index is 0.176. The second-order valence-electron chi connectivity index (χ2n) is 6.39. The molecule has 0 saturated carbocycles. The summed E-state index contributed by atoms with van der Waals surface area (Å²) in [5, 5.41) is 26.5. The van der Waals surface area contributed by atoms with Crippen LogP contribution in [0.1, 0.15) is 18.6 Å². The number of rotatable bonds is 5. The SMILES string of the molecule is C[C@H](Nc1ncnc2scc(-c3ccccc3)c12)[C@H](O)c1ccc(O)cc1. The summed E-state index contributed by atoms with van der Waals surface area (Å²) in [5.74, 6) is 0.875. The molecule has 2 heterocycles. The van der Waals surface area contributed by atoms with Crippen LogP contribution in [0.25, 0.3) is 21.3 Å². The number of fused-ring (bicyclic) bond motifs is 1. The smallest absolute Gasteiger partial charge is 0.139 e. The Morgan fingerprint density at radius 1 is 1.00 bits per heavy atom. The number of nitrogens with one attached hydrogen (secondary N) is 1. The molecule has 0 aliphatic rings. The molecule has 0 unspecified atom stereocenters. The van der Waals surface area contributed by atoms with Crippen LogP contribution in [0.15, 0.2) is 66.3 Å². The number of phenolic OH excluding ortho intramolecular Hbond substituents is 1. The predicted molar refractivity (Wildman–Crippen MR) is 109 cm³/mol. The number of anilines is 1. The van der Waals surface area contributed by atoms with Gasteiger partial charge in [-0.15, -0.1) is 11.3 Å². The Hall–Kier alpha value is -2.96. The van der Waals surface area contributed by atoms with Crippen LogP contribution in [0.2, 0.25) is 0 Å². The molecule has 0 bridgehead atoms. The molecule has 0 spiro atoms. The third-order valence-electron chi connectivity index (χ3n) is 4.53. The number of aliphatic hydroxyl groups excluding tert-OH is 1. The van der Waals surface area contributed by atoms with Crippen molar-refractivity contribution in [2.24, 2.45) is 0 Å². The highest BCUT2D eigenvalue weighted by Gasteiger charge is 2.20. The van der Waals surface area contributed by atoms with E-state index in [4.69, 9.17) is 0 Å². The van der Waals surface area contributed by atoms with Gasteiger partial charge in [-0.3, -0.25) is 0 Å². The summed E-state index contributed by atoms with van der Waals surface area (Å²) in [7, 11) is 0. The third kappa shape index (κ3) is 3.49. The van der Waals surface area contributed by atoms with Crippen LogP contribution < -0.4 is 5.32 Å². The first kappa shape index (κ1) is 17.5. The molecule has 27 heavy (non-hydrogen) atoms. The second kappa shape index (κ2) is 7.34. The molecule has 0 saturated heterocycles. The summed E-state index contributed by atoms with van der Waals surface area (Å²) >= 11 is 1.58. The van der Waals surface area contributed by atoms with Gasteiger partial charge in [-0.2, -0.15) is 0 Å². The van der Waals surface area contributed by atoms with E-state index in [0.29, 0.717) is 5.82 Å². The minimum atomic E-state index is -0.741. The fraction of sp³-hybridized carbons (Fsp3) is 0.143. The number of nitrogens with zero attached hydrogens (tertiary/aromatic N) is 2. The second-order valence-corrected chi connectivity index (χ2v) is 7.25. The van der Waals surface area contributed by atoms with Gasteiger partial charge in [-0.05, 0) is 30.2 Å². The zero-order valence-corrected chi connectivity index (χ0v) is 15.5. The van der Waals surface area contributed by atoms with Crippen molar-refractivity contribution in [3.8, 4) is 16.9 Å². The van der Waals surface area contributed by atoms with Crippen molar-refractivity contribution in [3.63, 3.8) is 0 Å². The van der Waals surface area contributed by atoms with Crippen LogP contribution in [0, 0.1) is 0 Å². The highest BCUT2D eigenvalue weighted by Crippen LogP contribution is 2.37. The molecule has 136 valence electrons. The molecule has 2 aromatic heterocycles. The highest BCUT2D eigenvalue weighted by molar-refractivity contribution is 7.17. The molecule has 6 heteroatoms. The van der Waals surface area contributed by atoms with E-state index in [1.54, 1.807) is 35.6 Å². The van der Waals surface area contributed by atoms with E-state index in [2.05, 4.69) is 32.8 Å². The molecular formula is C21H19N3O2S. The number of aliphatic hydroxyl groups is 1. The first-order valence-corrected chi connectivity index (χ1v) is 9.52. The summed E-state index contributed by atoms with van der Waals surface area (Å²) in [5.41, 5.74) is 2.91. The minimum Gasteiger partial charge on any atom is -0.508 e. The first-order valence-electron chi connectivity index (χ1n) is 8.64. The summed E-state index contributed by atoms with van der Waals surface area (Å²) in [6, 6.07) is 16.4. The van der Waals surface area contributed by atoms with E-state index < -0.39 is 6.10 Å². The van der Waals surface area contributed by atoms with Gasteiger partial charge in [-0.25, -0.2) is 9.97 Å². The summed E-state index contributed by atoms with van der Waals surface area (Å²) in [6.45, 7) is 1.90. The van der Waals surface area contributed by atoms with E-state index in [1.807, 2.05) is 25.1 Å². The molecule has 5 nitrogen and oxygen atoms in total. The lowest BCUT2D eigenvalue weighted by molar-refractivity contribution is 0.160. The maximum absolute atomic E-state index is 10.7. The number of aromatic nitrogens is 2. The van der Waals surface area contributed by atoms with Crippen molar-refractivity contribution in [2.45, 2.75) is 19.1 Å². The normalized spacial score (nSPS) is 13.4. The molecular weight excluding hydrogens is 358 g/mol. The molecule has 0 amide bonds. The number of hydrogen-bond donors (Lipinski definition) is 3. The van der Waals surface area contributed by atoms with E-state index >= 15 is 0 Å². The fourth-order valence-electron chi connectivity index (χ4n) is 3.07. The van der Waals surface area contributed by atoms with Crippen LogP contribution in [-0.2, 0) is 0 Å². The quantitative estimate of drug-likeness (QED) is 0.474. The topological polar surface area (TPSA) is 78.3 Å². The van der Waals surface area contributed by atoms with Crippen molar-refractivity contribution in [1.82, 2.24) is 9.97 Å². The molecule has 3 N–H and O–H groups in total. The fourth-order valence-corrected chi connectivity index (χ4v) is 3.99. The van der Waals surface area contributed by atoms with E-state index in [9.17, 15) is 10.2 Å². The summed E-state index contributed by atoms with van der Waals surface area (Å²) < 4.78 is 0. The summed E-state index contributed by atoms with van der Waals surface area (Å²) in [6.07, 6.45) is 0.796. The number of phenols is 1. The van der Waals surface area contributed by atoms with Crippen LogP contribution in [0.4, 0.5) is 5.82 Å². The lowest BCUT2D eigenvalue weighted by Gasteiger charge is -2.21. The zero-order valence-electron chi connectivity index (χ0n) is 14.7. The molecule has 0 aliphatic heterocycles.